The van der Waals surface area contributed by atoms with Gasteiger partial charge in [-0.15, -0.1) is 0 Å². The number of imidazole rings is 1. The number of hydrogen-bond donors (Lipinski definition) is 2. The minimum absolute atomic E-state index is 0.474. The second-order valence-electron chi connectivity index (χ2n) is 8.27. The van der Waals surface area contributed by atoms with Gasteiger partial charge in [-0.2, -0.15) is 0 Å². The first kappa shape index (κ1) is 20.7. The molecule has 1 saturated carbocycles. The summed E-state index contributed by atoms with van der Waals surface area (Å²) < 4.78 is 1.97. The number of carbonyl (C=O) groups is 2. The fourth-order valence-electron chi connectivity index (χ4n) is 4.97. The van der Waals surface area contributed by atoms with Gasteiger partial charge in [0.25, 0.3) is 0 Å². The van der Waals surface area contributed by atoms with Crippen molar-refractivity contribution in [3.05, 3.63) is 126 Å². The monoisotopic (exact) mass is 438 g/mol. The highest BCUT2D eigenvalue weighted by Gasteiger charge is 2.61. The molecule has 2 atom stereocenters. The molecule has 0 saturated heterocycles. The van der Waals surface area contributed by atoms with Gasteiger partial charge in [0.1, 0.15) is 5.54 Å². The molecule has 1 aliphatic rings. The number of benzene rings is 3. The van der Waals surface area contributed by atoms with Crippen molar-refractivity contribution in [3.8, 4) is 0 Å². The molecule has 0 aliphatic heterocycles. The normalized spacial score (nSPS) is 19.7. The van der Waals surface area contributed by atoms with E-state index in [4.69, 9.17) is 0 Å². The maximum atomic E-state index is 11.6. The molecular weight excluding hydrogens is 416 g/mol. The molecule has 4 aromatic rings. The first-order valence-electron chi connectivity index (χ1n) is 10.7. The van der Waals surface area contributed by atoms with Crippen molar-refractivity contribution in [2.24, 2.45) is 11.8 Å². The highest BCUT2D eigenvalue weighted by molar-refractivity contribution is 5.88. The molecule has 5 rings (SSSR count). The Kier molecular flexibility index (Phi) is 5.05. The lowest BCUT2D eigenvalue weighted by Gasteiger charge is -2.37. The largest absolute Gasteiger partial charge is 0.481 e. The first-order chi connectivity index (χ1) is 16.0. The Labute approximate surface area is 190 Å². The van der Waals surface area contributed by atoms with Crippen LogP contribution < -0.4 is 0 Å². The number of hydrogen-bond acceptors (Lipinski definition) is 3. The van der Waals surface area contributed by atoms with Crippen LogP contribution in [0.2, 0.25) is 0 Å². The molecule has 0 amide bonds. The SMILES string of the molecule is O=C(O)[C@H]1C(c2cn(C(c3ccccc3)(c3ccccc3)c3ccccc3)cn2)[C@@H]1C(=O)O. The summed E-state index contributed by atoms with van der Waals surface area (Å²) in [5.74, 6) is -4.80. The zero-order valence-corrected chi connectivity index (χ0v) is 17.7. The molecule has 1 heterocycles. The molecule has 33 heavy (non-hydrogen) atoms. The number of carboxylic acid groups (broad SMARTS) is 2. The second kappa shape index (κ2) is 8.06. The summed E-state index contributed by atoms with van der Waals surface area (Å²) in [5, 5.41) is 19.0. The summed E-state index contributed by atoms with van der Waals surface area (Å²) >= 11 is 0. The van der Waals surface area contributed by atoms with Crippen LogP contribution in [0.25, 0.3) is 0 Å². The Bertz CT molecular complexity index is 1170. The molecule has 3 aromatic carbocycles. The van der Waals surface area contributed by atoms with Crippen LogP contribution in [0.5, 0.6) is 0 Å². The second-order valence-corrected chi connectivity index (χ2v) is 8.27. The molecule has 6 heteroatoms. The third-order valence-corrected chi connectivity index (χ3v) is 6.50. The van der Waals surface area contributed by atoms with Gasteiger partial charge in [-0.3, -0.25) is 9.59 Å². The van der Waals surface area contributed by atoms with E-state index in [1.165, 1.54) is 0 Å². The van der Waals surface area contributed by atoms with Crippen LogP contribution in [0.1, 0.15) is 28.3 Å². The van der Waals surface area contributed by atoms with Crippen molar-refractivity contribution in [1.82, 2.24) is 9.55 Å². The zero-order valence-electron chi connectivity index (χ0n) is 17.7. The molecule has 1 aromatic heterocycles. The molecule has 1 fully saturated rings. The summed E-state index contributed by atoms with van der Waals surface area (Å²) in [6, 6.07) is 30.1. The lowest BCUT2D eigenvalue weighted by Crippen LogP contribution is -2.36. The van der Waals surface area contributed by atoms with E-state index in [-0.39, 0.29) is 0 Å². The maximum Gasteiger partial charge on any atom is 0.308 e. The smallest absolute Gasteiger partial charge is 0.308 e. The predicted molar refractivity (Wildman–Crippen MR) is 122 cm³/mol. The molecule has 0 bridgehead atoms. The molecule has 6 nitrogen and oxygen atoms in total. The van der Waals surface area contributed by atoms with Crippen molar-refractivity contribution in [2.45, 2.75) is 11.5 Å². The molecule has 1 aliphatic carbocycles. The van der Waals surface area contributed by atoms with Crippen LogP contribution in [0, 0.1) is 11.8 Å². The first-order valence-corrected chi connectivity index (χ1v) is 10.7. The van der Waals surface area contributed by atoms with E-state index >= 15 is 0 Å². The van der Waals surface area contributed by atoms with E-state index in [1.807, 2.05) is 59.2 Å². The summed E-state index contributed by atoms with van der Waals surface area (Å²) in [7, 11) is 0. The number of carboxylic acids is 2. The maximum absolute atomic E-state index is 11.6. The van der Waals surface area contributed by atoms with Gasteiger partial charge in [0, 0.05) is 12.1 Å². The predicted octanol–water partition coefficient (Wildman–Crippen LogP) is 4.22. The van der Waals surface area contributed by atoms with Gasteiger partial charge in [-0.05, 0) is 16.7 Å². The highest BCUT2D eigenvalue weighted by atomic mass is 16.4. The van der Waals surface area contributed by atoms with Gasteiger partial charge in [0.2, 0.25) is 0 Å². The minimum Gasteiger partial charge on any atom is -0.481 e. The quantitative estimate of drug-likeness (QED) is 0.422. The van der Waals surface area contributed by atoms with Gasteiger partial charge >= 0.3 is 11.9 Å². The Morgan fingerprint density at radius 1 is 0.697 bits per heavy atom. The molecule has 164 valence electrons. The minimum atomic E-state index is -1.11. The van der Waals surface area contributed by atoms with Gasteiger partial charge in [-0.25, -0.2) is 4.98 Å². The van der Waals surface area contributed by atoms with Gasteiger partial charge in [0.15, 0.2) is 0 Å². The summed E-state index contributed by atoms with van der Waals surface area (Å²) in [4.78, 5) is 27.8. The van der Waals surface area contributed by atoms with Crippen LogP contribution >= 0.6 is 0 Å². The molecule has 0 radical (unpaired) electrons. The zero-order chi connectivity index (χ0) is 23.0. The molecule has 0 unspecified atom stereocenters. The Morgan fingerprint density at radius 3 is 1.45 bits per heavy atom. The van der Waals surface area contributed by atoms with E-state index in [2.05, 4.69) is 41.4 Å². The van der Waals surface area contributed by atoms with E-state index < -0.39 is 35.2 Å². The average molecular weight is 438 g/mol. The van der Waals surface area contributed by atoms with Crippen molar-refractivity contribution >= 4 is 11.9 Å². The van der Waals surface area contributed by atoms with Crippen LogP contribution in [-0.4, -0.2) is 31.7 Å². The molecule has 0 spiro atoms. The third-order valence-electron chi connectivity index (χ3n) is 6.50. The summed E-state index contributed by atoms with van der Waals surface area (Å²) in [6.45, 7) is 0. The summed E-state index contributed by atoms with van der Waals surface area (Å²) in [6.07, 6.45) is 3.48. The topological polar surface area (TPSA) is 92.4 Å². The van der Waals surface area contributed by atoms with Gasteiger partial charge in [-0.1, -0.05) is 91.0 Å². The van der Waals surface area contributed by atoms with E-state index in [0.29, 0.717) is 5.69 Å². The third kappa shape index (κ3) is 3.31. The van der Waals surface area contributed by atoms with Crippen LogP contribution in [-0.2, 0) is 15.1 Å². The Hall–Kier alpha value is -4.19. The lowest BCUT2D eigenvalue weighted by molar-refractivity contribution is -0.144. The average Bonchev–Trinajstić information content (AvgIpc) is 3.44. The standard InChI is InChI=1S/C27H22N2O4/c30-25(31)23-22(24(23)26(32)33)21-16-29(17-28-21)27(18-10-4-1-5-11-18,19-12-6-2-7-13-19)20-14-8-3-9-15-20/h1-17,22-24H,(H,30,31)(H,32,33)/t23-,24-/m0/s1. The fourth-order valence-corrected chi connectivity index (χ4v) is 4.97. The number of aromatic nitrogens is 2. The number of aliphatic carboxylic acids is 2. The fraction of sp³-hybridized carbons (Fsp3) is 0.148. The van der Waals surface area contributed by atoms with E-state index in [0.717, 1.165) is 16.7 Å². The van der Waals surface area contributed by atoms with Crippen molar-refractivity contribution in [3.63, 3.8) is 0 Å². The molecular formula is C27H22N2O4. The van der Waals surface area contributed by atoms with E-state index in [1.54, 1.807) is 12.5 Å². The van der Waals surface area contributed by atoms with Crippen LogP contribution in [0.15, 0.2) is 104 Å². The van der Waals surface area contributed by atoms with Crippen LogP contribution in [0.4, 0.5) is 0 Å². The Balaban J connectivity index is 1.73. The van der Waals surface area contributed by atoms with E-state index in [9.17, 15) is 19.8 Å². The summed E-state index contributed by atoms with van der Waals surface area (Å²) in [5.41, 5.74) is 2.72. The van der Waals surface area contributed by atoms with Crippen molar-refractivity contribution < 1.29 is 19.8 Å². The lowest BCUT2D eigenvalue weighted by atomic mass is 9.77. The van der Waals surface area contributed by atoms with Crippen molar-refractivity contribution in [1.29, 1.82) is 0 Å². The van der Waals surface area contributed by atoms with Gasteiger partial charge < -0.3 is 14.8 Å². The number of nitrogens with zero attached hydrogens (tertiary/aromatic N) is 2. The van der Waals surface area contributed by atoms with Gasteiger partial charge in [0.05, 0.1) is 23.9 Å². The Morgan fingerprint density at radius 2 is 1.09 bits per heavy atom. The van der Waals surface area contributed by atoms with Crippen molar-refractivity contribution in [2.75, 3.05) is 0 Å². The van der Waals surface area contributed by atoms with Crippen LogP contribution in [0.3, 0.4) is 0 Å². The molecule has 2 N–H and O–H groups in total. The highest BCUT2D eigenvalue weighted by Crippen LogP contribution is 2.54. The number of rotatable bonds is 7.